The smallest absolute Gasteiger partial charge is 0.141 e. The summed E-state index contributed by atoms with van der Waals surface area (Å²) in [7, 11) is 1.80. The van der Waals surface area contributed by atoms with Crippen LogP contribution in [-0.2, 0) is 0 Å². The molecule has 90 valence electrons. The summed E-state index contributed by atoms with van der Waals surface area (Å²) >= 11 is 0. The highest BCUT2D eigenvalue weighted by atomic mass is 19.1. The molecule has 1 aromatic carbocycles. The van der Waals surface area contributed by atoms with E-state index in [2.05, 4.69) is 15.6 Å². The van der Waals surface area contributed by atoms with Crippen molar-refractivity contribution in [3.8, 4) is 6.07 Å². The fourth-order valence-corrected chi connectivity index (χ4v) is 1.50. The molecular weight excluding hydrogens is 231 g/mol. The summed E-state index contributed by atoms with van der Waals surface area (Å²) in [5, 5.41) is 14.8. The predicted octanol–water partition coefficient (Wildman–Crippen LogP) is 2.88. The largest absolute Gasteiger partial charge is 0.387 e. The number of anilines is 3. The molecule has 0 spiro atoms. The van der Waals surface area contributed by atoms with E-state index < -0.39 is 5.82 Å². The second kappa shape index (κ2) is 5.15. The Balaban J connectivity index is 2.26. The van der Waals surface area contributed by atoms with Crippen LogP contribution in [0.1, 0.15) is 5.56 Å². The van der Waals surface area contributed by atoms with Gasteiger partial charge >= 0.3 is 0 Å². The minimum atomic E-state index is -0.523. The Kier molecular flexibility index (Phi) is 3.39. The molecule has 0 bridgehead atoms. The SMILES string of the molecule is CNc1cncc(Nc2ccc(F)c(C#N)c2)c1. The average molecular weight is 242 g/mol. The number of hydrogen-bond acceptors (Lipinski definition) is 4. The topological polar surface area (TPSA) is 60.7 Å². The molecule has 0 fully saturated rings. The number of pyridine rings is 1. The number of rotatable bonds is 3. The molecule has 0 unspecified atom stereocenters. The van der Waals surface area contributed by atoms with E-state index in [0.29, 0.717) is 5.69 Å². The summed E-state index contributed by atoms with van der Waals surface area (Å²) in [6.45, 7) is 0. The lowest BCUT2D eigenvalue weighted by atomic mass is 10.2. The van der Waals surface area contributed by atoms with Gasteiger partial charge in [-0.25, -0.2) is 4.39 Å². The van der Waals surface area contributed by atoms with E-state index in [-0.39, 0.29) is 5.56 Å². The second-order valence-corrected chi connectivity index (χ2v) is 3.64. The van der Waals surface area contributed by atoms with Crippen LogP contribution < -0.4 is 10.6 Å². The molecule has 2 N–H and O–H groups in total. The number of nitriles is 1. The molecule has 0 amide bonds. The van der Waals surface area contributed by atoms with Crippen molar-refractivity contribution in [1.82, 2.24) is 4.98 Å². The summed E-state index contributed by atoms with van der Waals surface area (Å²) in [6, 6.07) is 7.96. The zero-order valence-corrected chi connectivity index (χ0v) is 9.74. The van der Waals surface area contributed by atoms with Crippen LogP contribution in [0.4, 0.5) is 21.5 Å². The van der Waals surface area contributed by atoms with Crippen molar-refractivity contribution < 1.29 is 4.39 Å². The van der Waals surface area contributed by atoms with Crippen LogP contribution in [0.15, 0.2) is 36.7 Å². The van der Waals surface area contributed by atoms with E-state index >= 15 is 0 Å². The summed E-state index contributed by atoms with van der Waals surface area (Å²) in [5.74, 6) is -0.523. The molecule has 0 aliphatic rings. The van der Waals surface area contributed by atoms with Crippen molar-refractivity contribution >= 4 is 17.1 Å². The molecule has 2 rings (SSSR count). The molecular formula is C13H11FN4. The van der Waals surface area contributed by atoms with Gasteiger partial charge in [0.25, 0.3) is 0 Å². The van der Waals surface area contributed by atoms with Crippen LogP contribution in [0, 0.1) is 17.1 Å². The molecule has 0 aliphatic heterocycles. The number of benzene rings is 1. The molecule has 5 heteroatoms. The number of nitrogens with one attached hydrogen (secondary N) is 2. The summed E-state index contributed by atoms with van der Waals surface area (Å²) in [6.07, 6.45) is 3.34. The highest BCUT2D eigenvalue weighted by molar-refractivity contribution is 5.64. The predicted molar refractivity (Wildman–Crippen MR) is 68.2 cm³/mol. The molecule has 0 atom stereocenters. The van der Waals surface area contributed by atoms with Crippen LogP contribution in [0.25, 0.3) is 0 Å². The fourth-order valence-electron chi connectivity index (χ4n) is 1.50. The zero-order valence-electron chi connectivity index (χ0n) is 9.74. The van der Waals surface area contributed by atoms with Gasteiger partial charge in [-0.05, 0) is 24.3 Å². The lowest BCUT2D eigenvalue weighted by Crippen LogP contribution is -1.95. The van der Waals surface area contributed by atoms with E-state index in [4.69, 9.17) is 5.26 Å². The van der Waals surface area contributed by atoms with E-state index in [1.165, 1.54) is 12.1 Å². The van der Waals surface area contributed by atoms with Crippen LogP contribution in [0.3, 0.4) is 0 Å². The van der Waals surface area contributed by atoms with Gasteiger partial charge in [-0.1, -0.05) is 0 Å². The van der Waals surface area contributed by atoms with Crippen molar-refractivity contribution in [3.05, 3.63) is 48.0 Å². The van der Waals surface area contributed by atoms with Gasteiger partial charge in [-0.15, -0.1) is 0 Å². The molecule has 4 nitrogen and oxygen atoms in total. The summed E-state index contributed by atoms with van der Waals surface area (Å²) in [5.41, 5.74) is 2.28. The lowest BCUT2D eigenvalue weighted by Gasteiger charge is -2.08. The van der Waals surface area contributed by atoms with Crippen molar-refractivity contribution in [1.29, 1.82) is 5.26 Å². The third-order valence-electron chi connectivity index (χ3n) is 2.40. The quantitative estimate of drug-likeness (QED) is 0.868. The lowest BCUT2D eigenvalue weighted by molar-refractivity contribution is 0.624. The normalized spacial score (nSPS) is 9.61. The fraction of sp³-hybridized carbons (Fsp3) is 0.0769. The standard InChI is InChI=1S/C13H11FN4/c1-16-11-5-12(8-17-7-11)18-10-2-3-13(14)9(4-10)6-15/h2-5,7-8,16,18H,1H3. The number of aromatic nitrogens is 1. The molecule has 1 aromatic heterocycles. The molecule has 0 saturated carbocycles. The first-order chi connectivity index (χ1) is 8.72. The van der Waals surface area contributed by atoms with E-state index in [1.54, 1.807) is 31.6 Å². The highest BCUT2D eigenvalue weighted by Crippen LogP contribution is 2.20. The maximum Gasteiger partial charge on any atom is 0.141 e. The molecule has 2 aromatic rings. The van der Waals surface area contributed by atoms with Crippen molar-refractivity contribution in [3.63, 3.8) is 0 Å². The Hall–Kier alpha value is -2.61. The summed E-state index contributed by atoms with van der Waals surface area (Å²) < 4.78 is 13.2. The average Bonchev–Trinajstić information content (AvgIpc) is 2.41. The number of hydrogen-bond donors (Lipinski definition) is 2. The first-order valence-corrected chi connectivity index (χ1v) is 5.32. The molecule has 0 saturated heterocycles. The van der Waals surface area contributed by atoms with Crippen LogP contribution in [0.2, 0.25) is 0 Å². The zero-order chi connectivity index (χ0) is 13.0. The minimum absolute atomic E-state index is 0.0118. The molecule has 0 aliphatic carbocycles. The van der Waals surface area contributed by atoms with Gasteiger partial charge in [0.05, 0.1) is 29.3 Å². The Morgan fingerprint density at radius 2 is 1.94 bits per heavy atom. The second-order valence-electron chi connectivity index (χ2n) is 3.64. The first-order valence-electron chi connectivity index (χ1n) is 5.32. The van der Waals surface area contributed by atoms with Gasteiger partial charge in [0.2, 0.25) is 0 Å². The van der Waals surface area contributed by atoms with Crippen LogP contribution in [-0.4, -0.2) is 12.0 Å². The third kappa shape index (κ3) is 2.55. The summed E-state index contributed by atoms with van der Waals surface area (Å²) in [4.78, 5) is 4.05. The van der Waals surface area contributed by atoms with Gasteiger partial charge < -0.3 is 10.6 Å². The Morgan fingerprint density at radius 3 is 2.67 bits per heavy atom. The number of halogens is 1. The molecule has 18 heavy (non-hydrogen) atoms. The minimum Gasteiger partial charge on any atom is -0.387 e. The molecule has 0 radical (unpaired) electrons. The third-order valence-corrected chi connectivity index (χ3v) is 2.40. The Morgan fingerprint density at radius 1 is 1.17 bits per heavy atom. The van der Waals surface area contributed by atoms with Gasteiger partial charge in [-0.2, -0.15) is 5.26 Å². The highest BCUT2D eigenvalue weighted by Gasteiger charge is 2.03. The van der Waals surface area contributed by atoms with Crippen LogP contribution >= 0.6 is 0 Å². The Labute approximate surface area is 104 Å². The van der Waals surface area contributed by atoms with E-state index in [1.807, 2.05) is 6.07 Å². The Bertz CT molecular complexity index is 604. The molecule has 1 heterocycles. The maximum atomic E-state index is 13.2. The van der Waals surface area contributed by atoms with Gasteiger partial charge in [0, 0.05) is 12.7 Å². The van der Waals surface area contributed by atoms with Crippen LogP contribution in [0.5, 0.6) is 0 Å². The van der Waals surface area contributed by atoms with Crippen molar-refractivity contribution in [2.45, 2.75) is 0 Å². The van der Waals surface area contributed by atoms with Crippen molar-refractivity contribution in [2.75, 3.05) is 17.7 Å². The van der Waals surface area contributed by atoms with Gasteiger partial charge in [0.1, 0.15) is 11.9 Å². The van der Waals surface area contributed by atoms with Crippen molar-refractivity contribution in [2.24, 2.45) is 0 Å². The van der Waals surface area contributed by atoms with Gasteiger partial charge in [0.15, 0.2) is 0 Å². The van der Waals surface area contributed by atoms with E-state index in [0.717, 1.165) is 11.4 Å². The first kappa shape index (κ1) is 11.9. The number of nitrogens with zero attached hydrogens (tertiary/aromatic N) is 2. The monoisotopic (exact) mass is 242 g/mol. The maximum absolute atomic E-state index is 13.2. The van der Waals surface area contributed by atoms with Gasteiger partial charge in [-0.3, -0.25) is 4.98 Å². The van der Waals surface area contributed by atoms with E-state index in [9.17, 15) is 4.39 Å².